The van der Waals surface area contributed by atoms with Crippen molar-refractivity contribution in [3.05, 3.63) is 89.3 Å². The summed E-state index contributed by atoms with van der Waals surface area (Å²) in [5, 5.41) is 0.872. The lowest BCUT2D eigenvalue weighted by molar-refractivity contribution is -0.126. The first-order valence-electron chi connectivity index (χ1n) is 10.3. The minimum absolute atomic E-state index is 0.0741. The molecule has 0 bridgehead atoms. The molecule has 0 radical (unpaired) electrons. The van der Waals surface area contributed by atoms with Gasteiger partial charge in [0, 0.05) is 13.1 Å². The van der Waals surface area contributed by atoms with E-state index in [-0.39, 0.29) is 23.4 Å². The Morgan fingerprint density at radius 2 is 1.91 bits per heavy atom. The molecule has 9 heteroatoms. The van der Waals surface area contributed by atoms with Gasteiger partial charge in [-0.15, -0.1) is 11.3 Å². The third kappa shape index (κ3) is 5.39. The summed E-state index contributed by atoms with van der Waals surface area (Å²) in [6.07, 6.45) is 4.63. The van der Waals surface area contributed by atoms with Crippen molar-refractivity contribution in [1.82, 2.24) is 14.6 Å². The third-order valence-electron chi connectivity index (χ3n) is 5.22. The highest BCUT2D eigenvalue weighted by molar-refractivity contribution is 7.89. The van der Waals surface area contributed by atoms with Gasteiger partial charge < -0.3 is 9.32 Å². The second-order valence-corrected chi connectivity index (χ2v) is 10.3. The molecule has 1 N–H and O–H groups in total. The smallest absolute Gasteiger partial charge is 0.246 e. The summed E-state index contributed by atoms with van der Waals surface area (Å²) in [5.74, 6) is 0.361. The van der Waals surface area contributed by atoms with Gasteiger partial charge >= 0.3 is 0 Å². The first-order valence-corrected chi connectivity index (χ1v) is 12.6. The van der Waals surface area contributed by atoms with E-state index in [0.29, 0.717) is 5.76 Å². The van der Waals surface area contributed by atoms with Gasteiger partial charge in [0.15, 0.2) is 0 Å². The van der Waals surface area contributed by atoms with Crippen LogP contribution >= 0.6 is 11.3 Å². The van der Waals surface area contributed by atoms with Crippen molar-refractivity contribution >= 4 is 43.6 Å². The van der Waals surface area contributed by atoms with Crippen LogP contribution in [-0.4, -0.2) is 31.3 Å². The first-order chi connectivity index (χ1) is 15.8. The van der Waals surface area contributed by atoms with Crippen LogP contribution in [0.5, 0.6) is 0 Å². The van der Waals surface area contributed by atoms with Crippen molar-refractivity contribution in [2.75, 3.05) is 7.05 Å². The van der Waals surface area contributed by atoms with Gasteiger partial charge in [0.2, 0.25) is 15.9 Å². The fourth-order valence-electron chi connectivity index (χ4n) is 3.13. The lowest BCUT2D eigenvalue weighted by Crippen LogP contribution is -2.27. The largest absolute Gasteiger partial charge is 0.468 e. The van der Waals surface area contributed by atoms with Gasteiger partial charge in [-0.2, -0.15) is 0 Å². The topological polar surface area (TPSA) is 92.5 Å². The summed E-state index contributed by atoms with van der Waals surface area (Å²) < 4.78 is 33.6. The molecular weight excluding hydrogens is 458 g/mol. The molecule has 0 aliphatic carbocycles. The number of carbonyl (C=O) groups excluding carboxylic acids is 1. The molecule has 33 heavy (non-hydrogen) atoms. The fourth-order valence-corrected chi connectivity index (χ4v) is 5.19. The van der Waals surface area contributed by atoms with Gasteiger partial charge in [0.05, 0.1) is 34.0 Å². The van der Waals surface area contributed by atoms with Gasteiger partial charge in [0.1, 0.15) is 10.8 Å². The molecule has 7 nitrogen and oxygen atoms in total. The standard InChI is InChI=1S/C24H23N3O4S2/c1-17(24-26-21-7-3-4-8-22(21)32-24)27(2)23(28)14-11-18-9-12-20(13-10-18)33(29,30)25-16-19-6-5-15-31-19/h3-15,17,25H,16H2,1-2H3/b14-11+. The third-order valence-corrected chi connectivity index (χ3v) is 7.85. The summed E-state index contributed by atoms with van der Waals surface area (Å²) in [6.45, 7) is 2.02. The van der Waals surface area contributed by atoms with E-state index in [1.54, 1.807) is 53.6 Å². The summed E-state index contributed by atoms with van der Waals surface area (Å²) in [6, 6.07) is 17.4. The second kappa shape index (κ2) is 9.70. The first kappa shape index (κ1) is 22.9. The number of hydrogen-bond donors (Lipinski definition) is 1. The number of furan rings is 1. The maximum absolute atomic E-state index is 12.7. The molecule has 1 atom stereocenters. The summed E-state index contributed by atoms with van der Waals surface area (Å²) >= 11 is 1.57. The fraction of sp³-hybridized carbons (Fsp3) is 0.167. The zero-order chi connectivity index (χ0) is 23.4. The number of fused-ring (bicyclic) bond motifs is 1. The average molecular weight is 482 g/mol. The molecule has 0 spiro atoms. The van der Waals surface area contributed by atoms with Crippen LogP contribution in [0.1, 0.15) is 29.3 Å². The predicted octanol–water partition coefficient (Wildman–Crippen LogP) is 4.60. The molecule has 1 unspecified atom stereocenters. The molecule has 4 aromatic rings. The van der Waals surface area contributed by atoms with Crippen LogP contribution in [0.15, 0.2) is 82.3 Å². The second-order valence-electron chi connectivity index (χ2n) is 7.45. The van der Waals surface area contributed by atoms with Crippen LogP contribution in [0.2, 0.25) is 0 Å². The van der Waals surface area contributed by atoms with Gasteiger partial charge in [-0.1, -0.05) is 24.3 Å². The minimum atomic E-state index is -3.67. The van der Waals surface area contributed by atoms with Crippen molar-refractivity contribution in [2.45, 2.75) is 24.4 Å². The van der Waals surface area contributed by atoms with E-state index in [0.717, 1.165) is 20.8 Å². The molecule has 2 aromatic heterocycles. The lowest BCUT2D eigenvalue weighted by Gasteiger charge is -2.21. The zero-order valence-corrected chi connectivity index (χ0v) is 19.8. The number of likely N-dealkylation sites (N-methyl/N-ethyl adjacent to an activating group) is 1. The molecule has 0 saturated heterocycles. The monoisotopic (exact) mass is 481 g/mol. The SMILES string of the molecule is CC(c1nc2ccccc2s1)N(C)C(=O)/C=C/c1ccc(S(=O)(=O)NCc2ccco2)cc1. The van der Waals surface area contributed by atoms with Gasteiger partial charge in [0.25, 0.3) is 0 Å². The molecule has 2 heterocycles. The van der Waals surface area contributed by atoms with Crippen molar-refractivity contribution in [1.29, 1.82) is 0 Å². The maximum atomic E-state index is 12.7. The highest BCUT2D eigenvalue weighted by Gasteiger charge is 2.19. The Morgan fingerprint density at radius 1 is 1.15 bits per heavy atom. The van der Waals surface area contributed by atoms with Crippen LogP contribution in [0.3, 0.4) is 0 Å². The average Bonchev–Trinajstić information content (AvgIpc) is 3.50. The number of carbonyl (C=O) groups is 1. The van der Waals surface area contributed by atoms with Gasteiger partial charge in [-0.3, -0.25) is 4.79 Å². The number of aromatic nitrogens is 1. The van der Waals surface area contributed by atoms with Crippen LogP contribution in [-0.2, 0) is 21.4 Å². The predicted molar refractivity (Wildman–Crippen MR) is 129 cm³/mol. The van der Waals surface area contributed by atoms with Gasteiger partial charge in [-0.05, 0) is 55.0 Å². The summed E-state index contributed by atoms with van der Waals surface area (Å²) in [5.41, 5.74) is 1.64. The maximum Gasteiger partial charge on any atom is 0.246 e. The Bertz CT molecular complexity index is 1340. The Morgan fingerprint density at radius 3 is 2.61 bits per heavy atom. The van der Waals surface area contributed by atoms with Gasteiger partial charge in [-0.25, -0.2) is 18.1 Å². The number of thiazole rings is 1. The zero-order valence-electron chi connectivity index (χ0n) is 18.1. The van der Waals surface area contributed by atoms with E-state index in [4.69, 9.17) is 4.42 Å². The Labute approximate surface area is 196 Å². The number of hydrogen-bond acceptors (Lipinski definition) is 6. The van der Waals surface area contributed by atoms with E-state index >= 15 is 0 Å². The van der Waals surface area contributed by atoms with Crippen LogP contribution < -0.4 is 4.72 Å². The van der Waals surface area contributed by atoms with E-state index in [1.807, 2.05) is 31.2 Å². The lowest BCUT2D eigenvalue weighted by atomic mass is 10.2. The van der Waals surface area contributed by atoms with Crippen molar-refractivity contribution < 1.29 is 17.6 Å². The van der Waals surface area contributed by atoms with E-state index in [1.165, 1.54) is 24.5 Å². The Kier molecular flexibility index (Phi) is 6.73. The van der Waals surface area contributed by atoms with Crippen molar-refractivity contribution in [3.63, 3.8) is 0 Å². The highest BCUT2D eigenvalue weighted by Crippen LogP contribution is 2.29. The Balaban J connectivity index is 1.39. The molecule has 4 rings (SSSR count). The number of rotatable bonds is 8. The molecule has 1 amide bonds. The van der Waals surface area contributed by atoms with E-state index in [9.17, 15) is 13.2 Å². The number of sulfonamides is 1. The molecule has 2 aromatic carbocycles. The minimum Gasteiger partial charge on any atom is -0.468 e. The molecule has 0 fully saturated rings. The number of nitrogens with one attached hydrogen (secondary N) is 1. The van der Waals surface area contributed by atoms with Crippen LogP contribution in [0, 0.1) is 0 Å². The molecule has 0 aliphatic rings. The van der Waals surface area contributed by atoms with Crippen molar-refractivity contribution in [3.8, 4) is 0 Å². The number of nitrogens with zero attached hydrogens (tertiary/aromatic N) is 2. The summed E-state index contributed by atoms with van der Waals surface area (Å²) in [4.78, 5) is 19.1. The summed E-state index contributed by atoms with van der Waals surface area (Å²) in [7, 11) is -1.93. The van der Waals surface area contributed by atoms with Crippen LogP contribution in [0.25, 0.3) is 16.3 Å². The van der Waals surface area contributed by atoms with E-state index < -0.39 is 10.0 Å². The highest BCUT2D eigenvalue weighted by atomic mass is 32.2. The van der Waals surface area contributed by atoms with E-state index in [2.05, 4.69) is 9.71 Å². The number of para-hydroxylation sites is 1. The molecule has 170 valence electrons. The molecular formula is C24H23N3O4S2. The Hall–Kier alpha value is -3.27. The quantitative estimate of drug-likeness (QED) is 0.371. The van der Waals surface area contributed by atoms with Crippen molar-refractivity contribution in [2.24, 2.45) is 0 Å². The molecule has 0 aliphatic heterocycles. The normalized spacial score (nSPS) is 12.9. The number of amides is 1. The van der Waals surface area contributed by atoms with Crippen LogP contribution in [0.4, 0.5) is 0 Å². The number of benzene rings is 2. The molecule has 0 saturated carbocycles.